The van der Waals surface area contributed by atoms with Crippen LogP contribution in [0.1, 0.15) is 61.6 Å². The third-order valence-corrected chi connectivity index (χ3v) is 8.71. The van der Waals surface area contributed by atoms with E-state index in [2.05, 4.69) is 51.0 Å². The molecule has 0 unspecified atom stereocenters. The first kappa shape index (κ1) is 33.6. The number of carbonyl (C=O) groups excluding carboxylic acids is 2. The summed E-state index contributed by atoms with van der Waals surface area (Å²) in [5.41, 5.74) is 9.69. The Hall–Kier alpha value is -4.71. The van der Waals surface area contributed by atoms with E-state index in [-0.39, 0.29) is 35.8 Å². The molecule has 2 aromatic carbocycles. The number of unbranched alkanes of at least 4 members (excludes halogenated alkanes) is 1. The highest BCUT2D eigenvalue weighted by atomic mass is 16.5. The van der Waals surface area contributed by atoms with E-state index in [9.17, 15) is 14.4 Å². The Balaban J connectivity index is 1.26. The maximum absolute atomic E-state index is 13.8. The molecule has 0 aliphatic carbocycles. The molecule has 5 rings (SSSR count). The number of esters is 1. The molecule has 0 bridgehead atoms. The molecular weight excluding hydrogens is 598 g/mol. The predicted octanol–water partition coefficient (Wildman–Crippen LogP) is 3.89. The van der Waals surface area contributed by atoms with Crippen molar-refractivity contribution in [1.29, 1.82) is 0 Å². The second-order valence-electron chi connectivity index (χ2n) is 12.1. The van der Waals surface area contributed by atoms with Crippen molar-refractivity contribution in [3.63, 3.8) is 0 Å². The molecule has 1 fully saturated rings. The largest absolute Gasteiger partial charge is 0.469 e. The fourth-order valence-electron chi connectivity index (χ4n) is 5.98. The minimum atomic E-state index is -0.341. The number of carbonyl (C=O) groups is 2. The highest BCUT2D eigenvalue weighted by Gasteiger charge is 2.24. The summed E-state index contributed by atoms with van der Waals surface area (Å²) in [5, 5.41) is 0. The summed E-state index contributed by atoms with van der Waals surface area (Å²) in [6, 6.07) is 18.4. The van der Waals surface area contributed by atoms with Crippen LogP contribution in [-0.2, 0) is 33.8 Å². The number of nitrogens with two attached hydrogens (primary N) is 1. The predicted molar refractivity (Wildman–Crippen MR) is 180 cm³/mol. The molecule has 1 aliphatic heterocycles. The Labute approximate surface area is 274 Å². The quantitative estimate of drug-likeness (QED) is 0.145. The number of rotatable bonds is 15. The van der Waals surface area contributed by atoms with E-state index >= 15 is 0 Å². The fourth-order valence-corrected chi connectivity index (χ4v) is 5.98. The van der Waals surface area contributed by atoms with Gasteiger partial charge in [-0.25, -0.2) is 4.79 Å². The lowest BCUT2D eigenvalue weighted by atomic mass is 9.89. The first-order valence-corrected chi connectivity index (χ1v) is 16.4. The van der Waals surface area contributed by atoms with Crippen LogP contribution in [0.25, 0.3) is 11.2 Å². The first-order valence-electron chi connectivity index (χ1n) is 16.4. The van der Waals surface area contributed by atoms with Gasteiger partial charge in [0.05, 0.1) is 26.7 Å². The van der Waals surface area contributed by atoms with E-state index < -0.39 is 0 Å². The van der Waals surface area contributed by atoms with Gasteiger partial charge in [-0.3, -0.25) is 19.1 Å². The van der Waals surface area contributed by atoms with E-state index in [0.717, 1.165) is 49.9 Å². The number of aromatic nitrogens is 4. The number of piperidine rings is 1. The zero-order chi connectivity index (χ0) is 33.2. The number of likely N-dealkylation sites (tertiary alicyclic amines) is 1. The number of imidazole rings is 1. The van der Waals surface area contributed by atoms with E-state index in [1.165, 1.54) is 17.2 Å². The molecule has 3 N–H and O–H groups in total. The third-order valence-electron chi connectivity index (χ3n) is 8.71. The summed E-state index contributed by atoms with van der Waals surface area (Å²) in [5.74, 6) is 0.393. The first-order chi connectivity index (χ1) is 22.8. The van der Waals surface area contributed by atoms with Crippen LogP contribution in [0.3, 0.4) is 0 Å². The summed E-state index contributed by atoms with van der Waals surface area (Å²) in [7, 11) is 1.37. The lowest BCUT2D eigenvalue weighted by Crippen LogP contribution is -2.43. The number of nitrogen functional groups attached to an aromatic ring is 1. The van der Waals surface area contributed by atoms with Gasteiger partial charge in [0.1, 0.15) is 5.52 Å². The van der Waals surface area contributed by atoms with E-state index in [1.54, 1.807) is 0 Å². The molecule has 0 radical (unpaired) electrons. The van der Waals surface area contributed by atoms with Crippen molar-refractivity contribution in [2.75, 3.05) is 45.6 Å². The van der Waals surface area contributed by atoms with Crippen molar-refractivity contribution in [2.45, 2.75) is 64.5 Å². The lowest BCUT2D eigenvalue weighted by Gasteiger charge is -2.33. The molecule has 1 amide bonds. The molecule has 47 heavy (non-hydrogen) atoms. The maximum Gasteiger partial charge on any atom is 0.327 e. The molecule has 0 atom stereocenters. The maximum atomic E-state index is 13.8. The Morgan fingerprint density at radius 2 is 1.74 bits per heavy atom. The zero-order valence-corrected chi connectivity index (χ0v) is 27.3. The number of anilines is 1. The van der Waals surface area contributed by atoms with Crippen LogP contribution in [-0.4, -0.2) is 81.1 Å². The van der Waals surface area contributed by atoms with Crippen molar-refractivity contribution < 1.29 is 19.1 Å². The normalized spacial score (nSPS) is 13.9. The molecule has 12 heteroatoms. The Bertz CT molecular complexity index is 1680. The molecule has 250 valence electrons. The Morgan fingerprint density at radius 3 is 2.45 bits per heavy atom. The van der Waals surface area contributed by atoms with Gasteiger partial charge in [-0.2, -0.15) is 9.97 Å². The molecule has 4 aromatic rings. The number of hydrogen-bond donors (Lipinski definition) is 2. The second-order valence-corrected chi connectivity index (χ2v) is 12.1. The van der Waals surface area contributed by atoms with Gasteiger partial charge in [0.15, 0.2) is 11.5 Å². The highest BCUT2D eigenvalue weighted by molar-refractivity contribution is 5.82. The number of aromatic amines is 1. The van der Waals surface area contributed by atoms with Crippen LogP contribution in [0.5, 0.6) is 6.01 Å². The average molecular weight is 644 g/mol. The number of aryl methyl sites for hydroxylation is 1. The average Bonchev–Trinajstić information content (AvgIpc) is 3.41. The van der Waals surface area contributed by atoms with Gasteiger partial charge in [0, 0.05) is 19.6 Å². The monoisotopic (exact) mass is 643 g/mol. The van der Waals surface area contributed by atoms with E-state index in [0.29, 0.717) is 56.3 Å². The summed E-state index contributed by atoms with van der Waals surface area (Å²) in [4.78, 5) is 53.9. The molecule has 2 aromatic heterocycles. The molecule has 0 saturated carbocycles. The SMILES string of the molecule is CCCCOc1nc(N)c2[nH]c(=O)n(CCCN(Cc3ccc(CC(=O)OC)cc3)C(=O)CN3CCC(c4ccccc4)CC3)c2n1. The number of hydrogen-bond acceptors (Lipinski definition) is 9. The van der Waals surface area contributed by atoms with Crippen LogP contribution in [0.4, 0.5) is 5.82 Å². The number of methoxy groups -OCH3 is 1. The minimum Gasteiger partial charge on any atom is -0.469 e. The molecule has 0 spiro atoms. The van der Waals surface area contributed by atoms with Gasteiger partial charge >= 0.3 is 17.7 Å². The number of ether oxygens (including phenoxy) is 2. The lowest BCUT2D eigenvalue weighted by molar-refractivity contribution is -0.139. The molecule has 3 heterocycles. The molecule has 12 nitrogen and oxygen atoms in total. The topological polar surface area (TPSA) is 149 Å². The van der Waals surface area contributed by atoms with Gasteiger partial charge in [-0.15, -0.1) is 0 Å². The summed E-state index contributed by atoms with van der Waals surface area (Å²) in [6.45, 7) is 5.74. The van der Waals surface area contributed by atoms with E-state index in [4.69, 9.17) is 15.2 Å². The third kappa shape index (κ3) is 8.97. The Kier molecular flexibility index (Phi) is 11.6. The minimum absolute atomic E-state index is 0.0336. The number of amides is 1. The highest BCUT2D eigenvalue weighted by Crippen LogP contribution is 2.28. The van der Waals surface area contributed by atoms with Crippen LogP contribution in [0, 0.1) is 0 Å². The van der Waals surface area contributed by atoms with Crippen molar-refractivity contribution in [3.05, 3.63) is 81.8 Å². The molecule has 1 aliphatic rings. The molecule has 1 saturated heterocycles. The van der Waals surface area contributed by atoms with Crippen LogP contribution in [0.2, 0.25) is 0 Å². The fraction of sp³-hybridized carbons (Fsp3) is 0.457. The number of benzene rings is 2. The number of H-pyrrole nitrogens is 1. The van der Waals surface area contributed by atoms with Crippen LogP contribution >= 0.6 is 0 Å². The van der Waals surface area contributed by atoms with Gasteiger partial charge in [0.2, 0.25) is 5.91 Å². The summed E-state index contributed by atoms with van der Waals surface area (Å²) in [6.07, 6.45) is 4.55. The zero-order valence-electron chi connectivity index (χ0n) is 27.3. The number of nitrogens with zero attached hydrogens (tertiary/aromatic N) is 5. The van der Waals surface area contributed by atoms with Crippen molar-refractivity contribution in [3.8, 4) is 6.01 Å². The van der Waals surface area contributed by atoms with Gasteiger partial charge in [-0.05, 0) is 61.4 Å². The number of nitrogens with one attached hydrogen (secondary N) is 1. The van der Waals surface area contributed by atoms with Gasteiger partial charge in [0.25, 0.3) is 0 Å². The van der Waals surface area contributed by atoms with Crippen LogP contribution < -0.4 is 16.2 Å². The summed E-state index contributed by atoms with van der Waals surface area (Å²) < 4.78 is 12.0. The van der Waals surface area contributed by atoms with Gasteiger partial charge < -0.3 is 25.1 Å². The standard InChI is InChI=1S/C35H45N7O5/c1-3-4-21-47-34-38-32(36)31-33(39-34)42(35(45)37-31)18-8-17-41(23-26-13-11-25(12-14-26)22-30(44)46-2)29(43)24-40-19-15-28(16-20-40)27-9-6-5-7-10-27/h5-7,9-14,28H,3-4,8,15-24H2,1-2H3,(H,37,45)(H2,36,38,39). The van der Waals surface area contributed by atoms with Crippen LogP contribution in [0.15, 0.2) is 59.4 Å². The number of fused-ring (bicyclic) bond motifs is 1. The Morgan fingerprint density at radius 1 is 1.02 bits per heavy atom. The van der Waals surface area contributed by atoms with Crippen molar-refractivity contribution in [1.82, 2.24) is 29.3 Å². The van der Waals surface area contributed by atoms with Crippen molar-refractivity contribution in [2.24, 2.45) is 0 Å². The second kappa shape index (κ2) is 16.2. The smallest absolute Gasteiger partial charge is 0.327 e. The van der Waals surface area contributed by atoms with Gasteiger partial charge in [-0.1, -0.05) is 67.9 Å². The summed E-state index contributed by atoms with van der Waals surface area (Å²) >= 11 is 0. The van der Waals surface area contributed by atoms with E-state index in [1.807, 2.05) is 35.2 Å². The molecular formula is C35H45N7O5. The van der Waals surface area contributed by atoms with Crippen molar-refractivity contribution >= 4 is 28.9 Å².